The van der Waals surface area contributed by atoms with E-state index in [1.54, 1.807) is 5.32 Å². The number of rotatable bonds is 5. The minimum absolute atomic E-state index is 0.384. The van der Waals surface area contributed by atoms with Crippen LogP contribution < -0.4 is 5.32 Å². The van der Waals surface area contributed by atoms with Crippen LogP contribution in [-0.2, 0) is 9.59 Å². The molecule has 0 fully saturated rings. The van der Waals surface area contributed by atoms with Crippen LogP contribution >= 0.6 is 0 Å². The van der Waals surface area contributed by atoms with Crippen LogP contribution in [-0.4, -0.2) is 17.0 Å². The number of carboxylic acids is 1. The lowest BCUT2D eigenvalue weighted by atomic mass is 10.0. The summed E-state index contributed by atoms with van der Waals surface area (Å²) in [7, 11) is 0. The molecular formula is C12H10F5NO3. The summed E-state index contributed by atoms with van der Waals surface area (Å²) in [4.78, 5) is 21.8. The number of amides is 1. The van der Waals surface area contributed by atoms with Gasteiger partial charge in [-0.3, -0.25) is 9.59 Å². The zero-order chi connectivity index (χ0) is 16.3. The Morgan fingerprint density at radius 2 is 1.38 bits per heavy atom. The van der Waals surface area contributed by atoms with Crippen molar-refractivity contribution < 1.29 is 36.6 Å². The molecule has 0 aliphatic rings. The zero-order valence-corrected chi connectivity index (χ0v) is 10.6. The van der Waals surface area contributed by atoms with Crippen molar-refractivity contribution in [2.24, 2.45) is 5.92 Å². The first-order chi connectivity index (χ1) is 9.65. The Morgan fingerprint density at radius 1 is 0.952 bits per heavy atom. The van der Waals surface area contributed by atoms with Crippen molar-refractivity contribution in [2.45, 2.75) is 19.8 Å². The van der Waals surface area contributed by atoms with E-state index in [1.165, 1.54) is 6.92 Å². The third kappa shape index (κ3) is 3.89. The summed E-state index contributed by atoms with van der Waals surface area (Å²) in [6, 6.07) is 0. The van der Waals surface area contributed by atoms with Crippen molar-refractivity contribution in [2.75, 3.05) is 5.32 Å². The fraction of sp³-hybridized carbons (Fsp3) is 0.333. The largest absolute Gasteiger partial charge is 0.481 e. The molecule has 0 saturated heterocycles. The van der Waals surface area contributed by atoms with E-state index in [9.17, 15) is 31.5 Å². The first kappa shape index (κ1) is 16.9. The highest BCUT2D eigenvalue weighted by Gasteiger charge is 2.27. The first-order valence-corrected chi connectivity index (χ1v) is 5.68. The lowest BCUT2D eigenvalue weighted by Crippen LogP contribution is -2.20. The predicted molar refractivity (Wildman–Crippen MR) is 60.9 cm³/mol. The molecule has 0 saturated carbocycles. The SMILES string of the molecule is CC(CC(=O)O)CC(=O)Nc1c(F)c(F)c(F)c(F)c1F. The molecule has 2 N–H and O–H groups in total. The molecule has 0 aliphatic heterocycles. The van der Waals surface area contributed by atoms with E-state index in [0.29, 0.717) is 0 Å². The Morgan fingerprint density at radius 3 is 1.81 bits per heavy atom. The maximum atomic E-state index is 13.3. The van der Waals surface area contributed by atoms with Gasteiger partial charge < -0.3 is 10.4 Å². The van der Waals surface area contributed by atoms with Gasteiger partial charge in [0.25, 0.3) is 0 Å². The molecule has 1 atom stereocenters. The van der Waals surface area contributed by atoms with Gasteiger partial charge >= 0.3 is 5.97 Å². The molecule has 1 aromatic rings. The van der Waals surface area contributed by atoms with Gasteiger partial charge in [-0.15, -0.1) is 0 Å². The molecule has 1 amide bonds. The molecule has 1 rings (SSSR count). The summed E-state index contributed by atoms with van der Waals surface area (Å²) in [5, 5.41) is 10.0. The molecule has 0 radical (unpaired) electrons. The van der Waals surface area contributed by atoms with Crippen molar-refractivity contribution in [3.05, 3.63) is 29.1 Å². The van der Waals surface area contributed by atoms with Gasteiger partial charge in [-0.1, -0.05) is 6.92 Å². The minimum atomic E-state index is -2.33. The second-order valence-electron chi connectivity index (χ2n) is 4.40. The van der Waals surface area contributed by atoms with Gasteiger partial charge in [-0.2, -0.15) is 0 Å². The summed E-state index contributed by atoms with van der Waals surface area (Å²) in [6.07, 6.45) is -0.837. The molecule has 0 spiro atoms. The monoisotopic (exact) mass is 311 g/mol. The molecule has 9 heteroatoms. The highest BCUT2D eigenvalue weighted by molar-refractivity contribution is 5.91. The maximum Gasteiger partial charge on any atom is 0.303 e. The topological polar surface area (TPSA) is 66.4 Å². The highest BCUT2D eigenvalue weighted by atomic mass is 19.2. The van der Waals surface area contributed by atoms with Crippen molar-refractivity contribution in [1.82, 2.24) is 0 Å². The number of halogens is 5. The van der Waals surface area contributed by atoms with Crippen LogP contribution in [0.1, 0.15) is 19.8 Å². The molecular weight excluding hydrogens is 301 g/mol. The van der Waals surface area contributed by atoms with Gasteiger partial charge in [-0.25, -0.2) is 22.0 Å². The van der Waals surface area contributed by atoms with Crippen LogP contribution in [0.25, 0.3) is 0 Å². The van der Waals surface area contributed by atoms with E-state index in [1.807, 2.05) is 0 Å². The number of carbonyl (C=O) groups is 2. The molecule has 4 nitrogen and oxygen atoms in total. The van der Waals surface area contributed by atoms with Gasteiger partial charge in [-0.05, 0) is 5.92 Å². The van der Waals surface area contributed by atoms with Crippen LogP contribution in [0.15, 0.2) is 0 Å². The Balaban J connectivity index is 2.94. The Hall–Kier alpha value is -2.19. The average Bonchev–Trinajstić information content (AvgIpc) is 2.38. The number of carbonyl (C=O) groups excluding carboxylic acids is 1. The number of benzene rings is 1. The molecule has 21 heavy (non-hydrogen) atoms. The summed E-state index contributed by atoms with van der Waals surface area (Å²) >= 11 is 0. The van der Waals surface area contributed by atoms with Crippen molar-refractivity contribution in [1.29, 1.82) is 0 Å². The normalized spacial score (nSPS) is 12.1. The number of nitrogens with one attached hydrogen (secondary N) is 1. The third-order valence-electron chi connectivity index (χ3n) is 2.53. The smallest absolute Gasteiger partial charge is 0.303 e. The molecule has 1 aromatic carbocycles. The van der Waals surface area contributed by atoms with Crippen LogP contribution in [0.2, 0.25) is 0 Å². The number of hydrogen-bond acceptors (Lipinski definition) is 2. The van der Waals surface area contributed by atoms with Gasteiger partial charge in [0.2, 0.25) is 11.7 Å². The van der Waals surface area contributed by atoms with Crippen molar-refractivity contribution in [3.63, 3.8) is 0 Å². The van der Waals surface area contributed by atoms with Gasteiger partial charge in [0, 0.05) is 12.8 Å². The van der Waals surface area contributed by atoms with Crippen LogP contribution in [0, 0.1) is 35.0 Å². The van der Waals surface area contributed by atoms with E-state index < -0.39 is 59.0 Å². The van der Waals surface area contributed by atoms with Crippen molar-refractivity contribution >= 4 is 17.6 Å². The fourth-order valence-electron chi connectivity index (χ4n) is 1.59. The first-order valence-electron chi connectivity index (χ1n) is 5.68. The number of hydrogen-bond donors (Lipinski definition) is 2. The van der Waals surface area contributed by atoms with Gasteiger partial charge in [0.1, 0.15) is 5.69 Å². The second kappa shape index (κ2) is 6.51. The lowest BCUT2D eigenvalue weighted by Gasteiger charge is -2.12. The molecule has 0 heterocycles. The minimum Gasteiger partial charge on any atom is -0.481 e. The Bertz CT molecular complexity index is 562. The molecule has 1 unspecified atom stereocenters. The summed E-state index contributed by atoms with van der Waals surface area (Å²) in [6.45, 7) is 1.38. The number of carboxylic acid groups (broad SMARTS) is 1. The van der Waals surface area contributed by atoms with E-state index in [-0.39, 0.29) is 6.42 Å². The predicted octanol–water partition coefficient (Wildman–Crippen LogP) is 2.82. The number of anilines is 1. The standard InChI is InChI=1S/C12H10F5NO3/c1-4(3-6(20)21)2-5(19)18-12-10(16)8(14)7(13)9(15)11(12)17/h4H,2-3H2,1H3,(H,18,19)(H,20,21). The van der Waals surface area contributed by atoms with Crippen LogP contribution in [0.3, 0.4) is 0 Å². The summed E-state index contributed by atoms with van der Waals surface area (Å²) in [5.41, 5.74) is -1.46. The quantitative estimate of drug-likeness (QED) is 0.499. The van der Waals surface area contributed by atoms with Gasteiger partial charge in [0.15, 0.2) is 23.3 Å². The molecule has 0 bridgehead atoms. The highest BCUT2D eigenvalue weighted by Crippen LogP contribution is 2.27. The number of aliphatic carboxylic acids is 1. The Kier molecular flexibility index (Phi) is 5.23. The molecule has 0 aromatic heterocycles. The second-order valence-corrected chi connectivity index (χ2v) is 4.40. The lowest BCUT2D eigenvalue weighted by molar-refractivity contribution is -0.138. The van der Waals surface area contributed by atoms with Crippen LogP contribution in [0.4, 0.5) is 27.6 Å². The van der Waals surface area contributed by atoms with Crippen LogP contribution in [0.5, 0.6) is 0 Å². The summed E-state index contributed by atoms with van der Waals surface area (Å²) in [5.74, 6) is -13.9. The molecule has 0 aliphatic carbocycles. The summed E-state index contributed by atoms with van der Waals surface area (Å²) < 4.78 is 65.1. The van der Waals surface area contributed by atoms with Gasteiger partial charge in [0.05, 0.1) is 0 Å². The van der Waals surface area contributed by atoms with E-state index in [2.05, 4.69) is 0 Å². The molecule has 116 valence electrons. The fourth-order valence-corrected chi connectivity index (χ4v) is 1.59. The zero-order valence-electron chi connectivity index (χ0n) is 10.6. The average molecular weight is 311 g/mol. The van der Waals surface area contributed by atoms with E-state index in [4.69, 9.17) is 5.11 Å². The van der Waals surface area contributed by atoms with E-state index in [0.717, 1.165) is 0 Å². The van der Waals surface area contributed by atoms with Crippen molar-refractivity contribution in [3.8, 4) is 0 Å². The Labute approximate surface area is 115 Å². The maximum absolute atomic E-state index is 13.3. The third-order valence-corrected chi connectivity index (χ3v) is 2.53. The van der Waals surface area contributed by atoms with E-state index >= 15 is 0 Å².